The van der Waals surface area contributed by atoms with Crippen LogP contribution in [0, 0.1) is 17.2 Å². The first kappa shape index (κ1) is 10.0. The summed E-state index contributed by atoms with van der Waals surface area (Å²) in [5, 5.41) is 8.41. The zero-order valence-corrected chi connectivity index (χ0v) is 7.99. The van der Waals surface area contributed by atoms with Gasteiger partial charge >= 0.3 is 0 Å². The van der Waals surface area contributed by atoms with Crippen molar-refractivity contribution >= 4 is 5.91 Å². The molecule has 1 aliphatic rings. The highest BCUT2D eigenvalue weighted by molar-refractivity contribution is 5.79. The Hall–Kier alpha value is -1.08. The first-order valence-electron chi connectivity index (χ1n) is 4.38. The second-order valence-electron chi connectivity index (χ2n) is 3.43. The Balaban J connectivity index is 2.44. The number of nitriles is 1. The van der Waals surface area contributed by atoms with E-state index in [-0.39, 0.29) is 24.5 Å². The third kappa shape index (κ3) is 2.43. The standard InChI is InChI=1S/C9H14N2O2/c1-7-5-8(6-13-7)9(12)11(2)4-3-10/h7-8H,4-6H2,1-2H3. The zero-order chi connectivity index (χ0) is 9.84. The predicted octanol–water partition coefficient (Wildman–Crippen LogP) is 0.393. The van der Waals surface area contributed by atoms with E-state index in [1.54, 1.807) is 7.05 Å². The minimum Gasteiger partial charge on any atom is -0.378 e. The van der Waals surface area contributed by atoms with Gasteiger partial charge in [0.15, 0.2) is 0 Å². The molecule has 4 heteroatoms. The lowest BCUT2D eigenvalue weighted by atomic mass is 10.1. The van der Waals surface area contributed by atoms with Crippen molar-refractivity contribution in [2.75, 3.05) is 20.2 Å². The average molecular weight is 182 g/mol. The highest BCUT2D eigenvalue weighted by atomic mass is 16.5. The maximum atomic E-state index is 11.6. The van der Waals surface area contributed by atoms with Crippen LogP contribution in [0.5, 0.6) is 0 Å². The summed E-state index contributed by atoms with van der Waals surface area (Å²) in [5.74, 6) is -0.0285. The van der Waals surface area contributed by atoms with Gasteiger partial charge in [-0.05, 0) is 13.3 Å². The Kier molecular flexibility index (Phi) is 3.26. The van der Waals surface area contributed by atoms with Gasteiger partial charge < -0.3 is 9.64 Å². The number of hydrogen-bond acceptors (Lipinski definition) is 3. The Labute approximate surface area is 78.1 Å². The summed E-state index contributed by atoms with van der Waals surface area (Å²) in [7, 11) is 1.65. The monoisotopic (exact) mass is 182 g/mol. The van der Waals surface area contributed by atoms with Crippen LogP contribution in [-0.2, 0) is 9.53 Å². The molecule has 0 aromatic heterocycles. The molecule has 2 unspecified atom stereocenters. The van der Waals surface area contributed by atoms with E-state index in [1.165, 1.54) is 4.90 Å². The van der Waals surface area contributed by atoms with Gasteiger partial charge in [0.25, 0.3) is 0 Å². The first-order valence-corrected chi connectivity index (χ1v) is 4.38. The van der Waals surface area contributed by atoms with Crippen molar-refractivity contribution in [2.45, 2.75) is 19.4 Å². The second kappa shape index (κ2) is 4.24. The maximum absolute atomic E-state index is 11.6. The van der Waals surface area contributed by atoms with Gasteiger partial charge in [0.1, 0.15) is 6.54 Å². The molecule has 13 heavy (non-hydrogen) atoms. The topological polar surface area (TPSA) is 53.3 Å². The summed E-state index contributed by atoms with van der Waals surface area (Å²) in [6.07, 6.45) is 0.943. The van der Waals surface area contributed by atoms with E-state index in [1.807, 2.05) is 13.0 Å². The number of nitrogens with zero attached hydrogens (tertiary/aromatic N) is 2. The fourth-order valence-corrected chi connectivity index (χ4v) is 1.48. The second-order valence-corrected chi connectivity index (χ2v) is 3.43. The van der Waals surface area contributed by atoms with Crippen LogP contribution in [0.15, 0.2) is 0 Å². The van der Waals surface area contributed by atoms with Crippen LogP contribution >= 0.6 is 0 Å². The van der Waals surface area contributed by atoms with Gasteiger partial charge in [-0.2, -0.15) is 5.26 Å². The van der Waals surface area contributed by atoms with Gasteiger partial charge in [-0.3, -0.25) is 4.79 Å². The molecule has 0 radical (unpaired) electrons. The van der Waals surface area contributed by atoms with E-state index >= 15 is 0 Å². The predicted molar refractivity (Wildman–Crippen MR) is 46.8 cm³/mol. The van der Waals surface area contributed by atoms with Crippen LogP contribution < -0.4 is 0 Å². The molecule has 2 atom stereocenters. The Morgan fingerprint density at radius 2 is 2.46 bits per heavy atom. The molecule has 72 valence electrons. The van der Waals surface area contributed by atoms with E-state index in [2.05, 4.69) is 0 Å². The molecule has 0 N–H and O–H groups in total. The largest absolute Gasteiger partial charge is 0.378 e. The van der Waals surface area contributed by atoms with Crippen molar-refractivity contribution in [1.29, 1.82) is 5.26 Å². The fraction of sp³-hybridized carbons (Fsp3) is 0.778. The van der Waals surface area contributed by atoms with Gasteiger partial charge in [0.2, 0.25) is 5.91 Å². The highest BCUT2D eigenvalue weighted by Gasteiger charge is 2.29. The van der Waals surface area contributed by atoms with Crippen molar-refractivity contribution in [2.24, 2.45) is 5.92 Å². The van der Waals surface area contributed by atoms with E-state index in [9.17, 15) is 4.79 Å². The molecular weight excluding hydrogens is 168 g/mol. The smallest absolute Gasteiger partial charge is 0.228 e. The van der Waals surface area contributed by atoms with Crippen LogP contribution in [-0.4, -0.2) is 37.1 Å². The minimum atomic E-state index is -0.0478. The lowest BCUT2D eigenvalue weighted by Crippen LogP contribution is -2.33. The summed E-state index contributed by atoms with van der Waals surface area (Å²) in [6, 6.07) is 1.95. The molecule has 0 bridgehead atoms. The number of carbonyl (C=O) groups is 1. The molecule has 1 rings (SSSR count). The van der Waals surface area contributed by atoms with Crippen molar-refractivity contribution in [1.82, 2.24) is 4.90 Å². The fourth-order valence-electron chi connectivity index (χ4n) is 1.48. The zero-order valence-electron chi connectivity index (χ0n) is 7.99. The average Bonchev–Trinajstić information content (AvgIpc) is 2.51. The van der Waals surface area contributed by atoms with Crippen molar-refractivity contribution in [3.05, 3.63) is 0 Å². The van der Waals surface area contributed by atoms with Crippen LogP contribution in [0.25, 0.3) is 0 Å². The van der Waals surface area contributed by atoms with Gasteiger partial charge in [0, 0.05) is 7.05 Å². The molecular formula is C9H14N2O2. The van der Waals surface area contributed by atoms with Crippen LogP contribution in [0.4, 0.5) is 0 Å². The molecule has 1 heterocycles. The molecule has 1 aliphatic heterocycles. The third-order valence-corrected chi connectivity index (χ3v) is 2.23. The Bertz CT molecular complexity index is 234. The number of rotatable bonds is 2. The molecule has 0 aromatic carbocycles. The quantitative estimate of drug-likeness (QED) is 0.580. The number of amides is 1. The maximum Gasteiger partial charge on any atom is 0.228 e. The van der Waals surface area contributed by atoms with E-state index in [4.69, 9.17) is 10.00 Å². The minimum absolute atomic E-state index is 0.0194. The summed E-state index contributed by atoms with van der Waals surface area (Å²) in [4.78, 5) is 13.0. The van der Waals surface area contributed by atoms with Gasteiger partial charge in [-0.25, -0.2) is 0 Å². The van der Waals surface area contributed by atoms with E-state index in [0.29, 0.717) is 6.61 Å². The van der Waals surface area contributed by atoms with Gasteiger partial charge in [-0.1, -0.05) is 0 Å². The molecule has 1 saturated heterocycles. The molecule has 0 aliphatic carbocycles. The molecule has 4 nitrogen and oxygen atoms in total. The Morgan fingerprint density at radius 1 is 1.77 bits per heavy atom. The number of carbonyl (C=O) groups excluding carboxylic acids is 1. The Morgan fingerprint density at radius 3 is 2.92 bits per heavy atom. The first-order chi connectivity index (χ1) is 6.15. The van der Waals surface area contributed by atoms with E-state index in [0.717, 1.165) is 6.42 Å². The van der Waals surface area contributed by atoms with Gasteiger partial charge in [0.05, 0.1) is 24.7 Å². The number of ether oxygens (including phenoxy) is 1. The molecule has 1 amide bonds. The van der Waals surface area contributed by atoms with Gasteiger partial charge in [-0.15, -0.1) is 0 Å². The van der Waals surface area contributed by atoms with Crippen LogP contribution in [0.3, 0.4) is 0 Å². The SMILES string of the molecule is CC1CC(C(=O)N(C)CC#N)CO1. The lowest BCUT2D eigenvalue weighted by Gasteiger charge is -2.16. The van der Waals surface area contributed by atoms with Crippen LogP contribution in [0.2, 0.25) is 0 Å². The summed E-state index contributed by atoms with van der Waals surface area (Å²) < 4.78 is 5.28. The summed E-state index contributed by atoms with van der Waals surface area (Å²) in [5.41, 5.74) is 0. The lowest BCUT2D eigenvalue weighted by molar-refractivity contribution is -0.133. The van der Waals surface area contributed by atoms with E-state index < -0.39 is 0 Å². The molecule has 1 fully saturated rings. The van der Waals surface area contributed by atoms with Crippen LogP contribution in [0.1, 0.15) is 13.3 Å². The highest BCUT2D eigenvalue weighted by Crippen LogP contribution is 2.20. The van der Waals surface area contributed by atoms with Crippen molar-refractivity contribution in [3.63, 3.8) is 0 Å². The molecule has 0 aromatic rings. The third-order valence-electron chi connectivity index (χ3n) is 2.23. The summed E-state index contributed by atoms with van der Waals surface area (Å²) >= 11 is 0. The summed E-state index contributed by atoms with van der Waals surface area (Å²) in [6.45, 7) is 2.61. The molecule has 0 saturated carbocycles. The number of hydrogen-bond donors (Lipinski definition) is 0. The van der Waals surface area contributed by atoms with Crippen molar-refractivity contribution < 1.29 is 9.53 Å². The molecule has 0 spiro atoms. The normalized spacial score (nSPS) is 26.8. The van der Waals surface area contributed by atoms with Crippen molar-refractivity contribution in [3.8, 4) is 6.07 Å².